The zero-order valence-electron chi connectivity index (χ0n) is 8.27. The largest absolute Gasteiger partial charge is 0.481 e. The van der Waals surface area contributed by atoms with Crippen LogP contribution in [-0.4, -0.2) is 41.0 Å². The van der Waals surface area contributed by atoms with E-state index in [2.05, 4.69) is 0 Å². The molecule has 0 radical (unpaired) electrons. The summed E-state index contributed by atoms with van der Waals surface area (Å²) in [5.74, 6) is -0.793. The number of carboxylic acid groups (broad SMARTS) is 1. The van der Waals surface area contributed by atoms with Gasteiger partial charge in [0.25, 0.3) is 0 Å². The van der Waals surface area contributed by atoms with Gasteiger partial charge < -0.3 is 15.7 Å². The van der Waals surface area contributed by atoms with Crippen LogP contribution in [0.5, 0.6) is 0 Å². The number of hydrogen-bond donors (Lipinski definition) is 2. The van der Waals surface area contributed by atoms with Gasteiger partial charge in [-0.3, -0.25) is 9.59 Å². The predicted octanol–water partition coefficient (Wildman–Crippen LogP) is -0.343. The Hall–Kier alpha value is -1.10. The lowest BCUT2D eigenvalue weighted by molar-refractivity contribution is -0.138. The maximum atomic E-state index is 11.4. The third-order valence-electron chi connectivity index (χ3n) is 2.45. The Kier molecular flexibility index (Phi) is 3.46. The zero-order valence-corrected chi connectivity index (χ0v) is 8.27. The van der Waals surface area contributed by atoms with Gasteiger partial charge in [-0.05, 0) is 19.3 Å². The van der Waals surface area contributed by atoms with Crippen molar-refractivity contribution in [2.24, 2.45) is 11.7 Å². The van der Waals surface area contributed by atoms with Crippen LogP contribution in [0.15, 0.2) is 0 Å². The fourth-order valence-electron chi connectivity index (χ4n) is 1.73. The number of hydrogen-bond acceptors (Lipinski definition) is 3. The van der Waals surface area contributed by atoms with Crippen LogP contribution in [0.2, 0.25) is 0 Å². The number of nitrogens with zero attached hydrogens (tertiary/aromatic N) is 1. The van der Waals surface area contributed by atoms with Gasteiger partial charge in [-0.2, -0.15) is 0 Å². The van der Waals surface area contributed by atoms with Gasteiger partial charge in [0.1, 0.15) is 0 Å². The average Bonchev–Trinajstić information content (AvgIpc) is 2.50. The van der Waals surface area contributed by atoms with Crippen LogP contribution in [0.4, 0.5) is 0 Å². The Morgan fingerprint density at radius 1 is 1.64 bits per heavy atom. The summed E-state index contributed by atoms with van der Waals surface area (Å²) in [5, 5.41) is 8.58. The molecule has 5 nitrogen and oxygen atoms in total. The van der Waals surface area contributed by atoms with Gasteiger partial charge in [-0.15, -0.1) is 0 Å². The molecule has 0 aliphatic carbocycles. The minimum atomic E-state index is -0.801. The first kappa shape index (κ1) is 11.0. The molecule has 1 aliphatic rings. The van der Waals surface area contributed by atoms with E-state index in [9.17, 15) is 9.59 Å². The summed E-state index contributed by atoms with van der Waals surface area (Å²) in [6, 6.07) is -0.487. The second-order valence-corrected chi connectivity index (χ2v) is 3.83. The first-order valence-corrected chi connectivity index (χ1v) is 4.77. The van der Waals surface area contributed by atoms with Gasteiger partial charge in [0.2, 0.25) is 5.91 Å². The van der Waals surface area contributed by atoms with E-state index >= 15 is 0 Å². The second-order valence-electron chi connectivity index (χ2n) is 3.83. The minimum Gasteiger partial charge on any atom is -0.481 e. The Bertz CT molecular complexity index is 240. The molecule has 2 atom stereocenters. The second kappa shape index (κ2) is 4.41. The van der Waals surface area contributed by atoms with Crippen molar-refractivity contribution < 1.29 is 14.7 Å². The standard InChI is InChI=1S/C9H16N2O3/c1-6(10)9(14)11-3-2-7(5-11)4-8(12)13/h6-7H,2-5,10H2,1H3,(H,12,13)/t6-,7?/m1/s1. The molecule has 1 amide bonds. The van der Waals surface area contributed by atoms with E-state index < -0.39 is 12.0 Å². The molecule has 1 unspecified atom stereocenters. The van der Waals surface area contributed by atoms with Gasteiger partial charge in [0.15, 0.2) is 0 Å². The monoisotopic (exact) mass is 200 g/mol. The van der Waals surface area contributed by atoms with E-state index in [1.165, 1.54) is 0 Å². The van der Waals surface area contributed by atoms with Crippen LogP contribution in [-0.2, 0) is 9.59 Å². The summed E-state index contributed by atoms with van der Waals surface area (Å²) in [6.45, 7) is 2.82. The van der Waals surface area contributed by atoms with Gasteiger partial charge in [0.05, 0.1) is 6.04 Å². The lowest BCUT2D eigenvalue weighted by Crippen LogP contribution is -2.40. The first-order chi connectivity index (χ1) is 6.50. The Balaban J connectivity index is 2.41. The molecule has 0 aromatic rings. The maximum Gasteiger partial charge on any atom is 0.303 e. The molecule has 0 saturated carbocycles. The Labute approximate surface area is 82.9 Å². The number of aliphatic carboxylic acids is 1. The van der Waals surface area contributed by atoms with Crippen LogP contribution < -0.4 is 5.73 Å². The van der Waals surface area contributed by atoms with Crippen molar-refractivity contribution in [1.82, 2.24) is 4.90 Å². The zero-order chi connectivity index (χ0) is 10.7. The molecular formula is C9H16N2O3. The highest BCUT2D eigenvalue weighted by Crippen LogP contribution is 2.19. The van der Waals surface area contributed by atoms with Crippen molar-refractivity contribution in [3.63, 3.8) is 0 Å². The summed E-state index contributed by atoms with van der Waals surface area (Å²) in [6.07, 6.45) is 0.910. The van der Waals surface area contributed by atoms with Crippen LogP contribution in [0.3, 0.4) is 0 Å². The first-order valence-electron chi connectivity index (χ1n) is 4.77. The van der Waals surface area contributed by atoms with Gasteiger partial charge in [0, 0.05) is 19.5 Å². The van der Waals surface area contributed by atoms with Crippen molar-refractivity contribution in [2.45, 2.75) is 25.8 Å². The Morgan fingerprint density at radius 3 is 2.79 bits per heavy atom. The van der Waals surface area contributed by atoms with Gasteiger partial charge in [-0.1, -0.05) is 0 Å². The summed E-state index contributed by atoms with van der Waals surface area (Å²) in [4.78, 5) is 23.5. The summed E-state index contributed by atoms with van der Waals surface area (Å²) >= 11 is 0. The SMILES string of the molecule is C[C@@H](N)C(=O)N1CCC(CC(=O)O)C1. The molecule has 1 heterocycles. The summed E-state index contributed by atoms with van der Waals surface area (Å²) < 4.78 is 0. The molecule has 1 rings (SSSR count). The molecule has 5 heteroatoms. The number of carboxylic acids is 1. The molecule has 0 aromatic carbocycles. The lowest BCUT2D eigenvalue weighted by Gasteiger charge is -2.18. The van der Waals surface area contributed by atoms with Crippen LogP contribution >= 0.6 is 0 Å². The topological polar surface area (TPSA) is 83.6 Å². The number of carbonyl (C=O) groups is 2. The lowest BCUT2D eigenvalue weighted by atomic mass is 10.1. The Morgan fingerprint density at radius 2 is 2.29 bits per heavy atom. The fraction of sp³-hybridized carbons (Fsp3) is 0.778. The molecular weight excluding hydrogens is 184 g/mol. The summed E-state index contributed by atoms with van der Waals surface area (Å²) in [5.41, 5.74) is 5.45. The number of amides is 1. The smallest absolute Gasteiger partial charge is 0.303 e. The molecule has 1 fully saturated rings. The van der Waals surface area contributed by atoms with E-state index in [-0.39, 0.29) is 18.2 Å². The number of rotatable bonds is 3. The summed E-state index contributed by atoms with van der Waals surface area (Å²) in [7, 11) is 0. The fourth-order valence-corrected chi connectivity index (χ4v) is 1.73. The molecule has 1 aliphatic heterocycles. The van der Waals surface area contributed by atoms with Crippen molar-refractivity contribution in [1.29, 1.82) is 0 Å². The van der Waals surface area contributed by atoms with E-state index in [1.807, 2.05) is 0 Å². The number of likely N-dealkylation sites (tertiary alicyclic amines) is 1. The maximum absolute atomic E-state index is 11.4. The third kappa shape index (κ3) is 2.70. The van der Waals surface area contributed by atoms with Crippen molar-refractivity contribution in [3.8, 4) is 0 Å². The third-order valence-corrected chi connectivity index (χ3v) is 2.45. The molecule has 0 bridgehead atoms. The number of nitrogens with two attached hydrogens (primary N) is 1. The molecule has 0 spiro atoms. The highest BCUT2D eigenvalue weighted by Gasteiger charge is 2.28. The van der Waals surface area contributed by atoms with Crippen molar-refractivity contribution in [3.05, 3.63) is 0 Å². The predicted molar refractivity (Wildman–Crippen MR) is 50.6 cm³/mol. The van der Waals surface area contributed by atoms with E-state index in [0.717, 1.165) is 6.42 Å². The number of carbonyl (C=O) groups excluding carboxylic acids is 1. The quantitative estimate of drug-likeness (QED) is 0.652. The van der Waals surface area contributed by atoms with E-state index in [4.69, 9.17) is 10.8 Å². The van der Waals surface area contributed by atoms with Crippen LogP contribution in [0.25, 0.3) is 0 Å². The highest BCUT2D eigenvalue weighted by atomic mass is 16.4. The molecule has 80 valence electrons. The molecule has 1 saturated heterocycles. The average molecular weight is 200 g/mol. The molecule has 14 heavy (non-hydrogen) atoms. The molecule has 0 aromatic heterocycles. The van der Waals surface area contributed by atoms with E-state index in [1.54, 1.807) is 11.8 Å². The van der Waals surface area contributed by atoms with Gasteiger partial charge >= 0.3 is 5.97 Å². The van der Waals surface area contributed by atoms with Crippen molar-refractivity contribution >= 4 is 11.9 Å². The van der Waals surface area contributed by atoms with Crippen molar-refractivity contribution in [2.75, 3.05) is 13.1 Å². The normalized spacial score (nSPS) is 23.6. The molecule has 3 N–H and O–H groups in total. The van der Waals surface area contributed by atoms with Crippen LogP contribution in [0, 0.1) is 5.92 Å². The van der Waals surface area contributed by atoms with E-state index in [0.29, 0.717) is 13.1 Å². The van der Waals surface area contributed by atoms with Gasteiger partial charge in [-0.25, -0.2) is 0 Å². The van der Waals surface area contributed by atoms with Crippen LogP contribution in [0.1, 0.15) is 19.8 Å². The highest BCUT2D eigenvalue weighted by molar-refractivity contribution is 5.81. The minimum absolute atomic E-state index is 0.0853.